The van der Waals surface area contributed by atoms with Crippen LogP contribution in [0.5, 0.6) is 11.5 Å². The molecule has 146 valence electrons. The van der Waals surface area contributed by atoms with Gasteiger partial charge in [0.05, 0.1) is 24.8 Å². The number of methoxy groups -OCH3 is 2. The molecule has 0 radical (unpaired) electrons. The lowest BCUT2D eigenvalue weighted by atomic mass is 10.1. The molecule has 0 atom stereocenters. The van der Waals surface area contributed by atoms with E-state index in [9.17, 15) is 4.79 Å². The standard InChI is InChI=1S/C22H18N2O4S/c1-26-15-9-7-14(8-10-15)13-28-21-19-16(5-3-11-23-19)18(17-6-4-12-29-17)24-20(21)22(25)27-2/h3-12H,13H2,1-2H3. The maximum Gasteiger partial charge on any atom is 0.360 e. The van der Waals surface area contributed by atoms with E-state index < -0.39 is 5.97 Å². The Balaban J connectivity index is 1.81. The van der Waals surface area contributed by atoms with Crippen LogP contribution in [-0.4, -0.2) is 30.2 Å². The summed E-state index contributed by atoms with van der Waals surface area (Å²) in [5.74, 6) is 0.502. The van der Waals surface area contributed by atoms with Crippen molar-refractivity contribution >= 4 is 28.2 Å². The van der Waals surface area contributed by atoms with Gasteiger partial charge < -0.3 is 14.2 Å². The summed E-state index contributed by atoms with van der Waals surface area (Å²) >= 11 is 1.54. The molecule has 6 nitrogen and oxygen atoms in total. The van der Waals surface area contributed by atoms with Gasteiger partial charge in [0.25, 0.3) is 0 Å². The smallest absolute Gasteiger partial charge is 0.360 e. The molecule has 4 aromatic rings. The zero-order valence-corrected chi connectivity index (χ0v) is 16.7. The van der Waals surface area contributed by atoms with Crippen LogP contribution in [0, 0.1) is 0 Å². The molecular weight excluding hydrogens is 388 g/mol. The Morgan fingerprint density at radius 2 is 1.90 bits per heavy atom. The van der Waals surface area contributed by atoms with Crippen molar-refractivity contribution in [1.82, 2.24) is 9.97 Å². The number of ether oxygens (including phenoxy) is 3. The second kappa shape index (κ2) is 8.28. The number of carbonyl (C=O) groups excluding carboxylic acids is 1. The summed E-state index contributed by atoms with van der Waals surface area (Å²) < 4.78 is 16.2. The Kier molecular flexibility index (Phi) is 5.39. The maximum absolute atomic E-state index is 12.5. The second-order valence-electron chi connectivity index (χ2n) is 6.14. The van der Waals surface area contributed by atoms with E-state index in [4.69, 9.17) is 14.2 Å². The number of nitrogens with zero attached hydrogens (tertiary/aromatic N) is 2. The van der Waals surface area contributed by atoms with E-state index in [0.717, 1.165) is 21.6 Å². The van der Waals surface area contributed by atoms with Crippen molar-refractivity contribution in [3.63, 3.8) is 0 Å². The molecule has 3 aromatic heterocycles. The van der Waals surface area contributed by atoms with Gasteiger partial charge in [0, 0.05) is 11.6 Å². The lowest BCUT2D eigenvalue weighted by Gasteiger charge is -2.14. The lowest BCUT2D eigenvalue weighted by molar-refractivity contribution is 0.0589. The molecule has 0 aliphatic carbocycles. The zero-order valence-electron chi connectivity index (χ0n) is 15.9. The van der Waals surface area contributed by atoms with Crippen LogP contribution < -0.4 is 9.47 Å². The van der Waals surface area contributed by atoms with Gasteiger partial charge in [0.1, 0.15) is 17.9 Å². The van der Waals surface area contributed by atoms with Gasteiger partial charge in [0.15, 0.2) is 11.4 Å². The third-order valence-corrected chi connectivity index (χ3v) is 5.27. The first-order chi connectivity index (χ1) is 14.2. The van der Waals surface area contributed by atoms with Crippen molar-refractivity contribution < 1.29 is 19.0 Å². The molecule has 7 heteroatoms. The van der Waals surface area contributed by atoms with Crippen molar-refractivity contribution in [2.24, 2.45) is 0 Å². The number of hydrogen-bond donors (Lipinski definition) is 0. The number of rotatable bonds is 6. The summed E-state index contributed by atoms with van der Waals surface area (Å²) in [5.41, 5.74) is 2.28. The number of fused-ring (bicyclic) bond motifs is 1. The highest BCUT2D eigenvalue weighted by Gasteiger charge is 2.23. The maximum atomic E-state index is 12.5. The van der Waals surface area contributed by atoms with Crippen molar-refractivity contribution in [1.29, 1.82) is 0 Å². The van der Waals surface area contributed by atoms with Gasteiger partial charge in [-0.25, -0.2) is 9.78 Å². The summed E-state index contributed by atoms with van der Waals surface area (Å²) in [7, 11) is 2.94. The van der Waals surface area contributed by atoms with Gasteiger partial charge in [-0.2, -0.15) is 0 Å². The monoisotopic (exact) mass is 406 g/mol. The Hall–Kier alpha value is -3.45. The molecule has 1 aromatic carbocycles. The Labute approximate surface area is 171 Å². The van der Waals surface area contributed by atoms with Crippen molar-refractivity contribution in [2.45, 2.75) is 6.61 Å². The molecule has 3 heterocycles. The van der Waals surface area contributed by atoms with E-state index in [2.05, 4.69) is 9.97 Å². The number of pyridine rings is 2. The molecule has 0 spiro atoms. The van der Waals surface area contributed by atoms with Crippen LogP contribution in [-0.2, 0) is 11.3 Å². The predicted octanol–water partition coefficient (Wildman–Crippen LogP) is 4.73. The lowest BCUT2D eigenvalue weighted by Crippen LogP contribution is -2.10. The highest BCUT2D eigenvalue weighted by molar-refractivity contribution is 7.13. The minimum absolute atomic E-state index is 0.107. The summed E-state index contributed by atoms with van der Waals surface area (Å²) in [6.07, 6.45) is 1.67. The first-order valence-electron chi connectivity index (χ1n) is 8.88. The number of esters is 1. The molecule has 0 saturated heterocycles. The third kappa shape index (κ3) is 3.77. The minimum atomic E-state index is -0.569. The summed E-state index contributed by atoms with van der Waals surface area (Å²) in [4.78, 5) is 22.5. The van der Waals surface area contributed by atoms with Crippen molar-refractivity contribution in [3.05, 3.63) is 71.4 Å². The summed E-state index contributed by atoms with van der Waals surface area (Å²) in [5, 5.41) is 2.78. The number of carbonyl (C=O) groups is 1. The van der Waals surface area contributed by atoms with E-state index in [1.807, 2.05) is 53.9 Å². The van der Waals surface area contributed by atoms with Crippen LogP contribution in [0.25, 0.3) is 21.5 Å². The molecule has 0 N–H and O–H groups in total. The average Bonchev–Trinajstić information content (AvgIpc) is 3.31. The molecule has 0 aliphatic heterocycles. The molecule has 0 aliphatic rings. The molecule has 0 bridgehead atoms. The van der Waals surface area contributed by atoms with Crippen LogP contribution in [0.15, 0.2) is 60.1 Å². The minimum Gasteiger partial charge on any atom is -0.497 e. The van der Waals surface area contributed by atoms with Gasteiger partial charge in [0.2, 0.25) is 0 Å². The Morgan fingerprint density at radius 1 is 1.07 bits per heavy atom. The van der Waals surface area contributed by atoms with E-state index >= 15 is 0 Å². The summed E-state index contributed by atoms with van der Waals surface area (Å²) in [6, 6.07) is 15.2. The van der Waals surface area contributed by atoms with E-state index in [0.29, 0.717) is 17.0 Å². The first-order valence-corrected chi connectivity index (χ1v) is 9.76. The zero-order chi connectivity index (χ0) is 20.2. The topological polar surface area (TPSA) is 70.5 Å². The van der Waals surface area contributed by atoms with Gasteiger partial charge in [-0.05, 0) is 41.3 Å². The van der Waals surface area contributed by atoms with Crippen LogP contribution in [0.2, 0.25) is 0 Å². The molecule has 29 heavy (non-hydrogen) atoms. The van der Waals surface area contributed by atoms with Crippen LogP contribution in [0.1, 0.15) is 16.1 Å². The fourth-order valence-electron chi connectivity index (χ4n) is 2.96. The van der Waals surface area contributed by atoms with Crippen molar-refractivity contribution in [2.75, 3.05) is 14.2 Å². The normalized spacial score (nSPS) is 10.7. The molecule has 0 amide bonds. The first kappa shape index (κ1) is 18.9. The van der Waals surface area contributed by atoms with Gasteiger partial charge in [-0.1, -0.05) is 18.2 Å². The molecule has 0 fully saturated rings. The molecule has 0 saturated carbocycles. The van der Waals surface area contributed by atoms with Crippen LogP contribution in [0.3, 0.4) is 0 Å². The Bertz CT molecular complexity index is 1140. The number of aromatic nitrogens is 2. The highest BCUT2D eigenvalue weighted by atomic mass is 32.1. The second-order valence-corrected chi connectivity index (χ2v) is 7.09. The number of thiophene rings is 1. The summed E-state index contributed by atoms with van der Waals surface area (Å²) in [6.45, 7) is 0.250. The predicted molar refractivity (Wildman–Crippen MR) is 112 cm³/mol. The van der Waals surface area contributed by atoms with E-state index in [-0.39, 0.29) is 12.3 Å². The highest BCUT2D eigenvalue weighted by Crippen LogP contribution is 2.36. The SMILES string of the molecule is COC(=O)c1nc(-c2cccs2)c2cccnc2c1OCc1ccc(OC)cc1. The molecular formula is C22H18N2O4S. The van der Waals surface area contributed by atoms with Gasteiger partial charge >= 0.3 is 5.97 Å². The Morgan fingerprint density at radius 3 is 2.59 bits per heavy atom. The van der Waals surface area contributed by atoms with Gasteiger partial charge in [-0.15, -0.1) is 11.3 Å². The van der Waals surface area contributed by atoms with Gasteiger partial charge in [-0.3, -0.25) is 4.98 Å². The quantitative estimate of drug-likeness (QED) is 0.431. The van der Waals surface area contributed by atoms with Crippen LogP contribution >= 0.6 is 11.3 Å². The average molecular weight is 406 g/mol. The number of benzene rings is 1. The molecule has 4 rings (SSSR count). The fraction of sp³-hybridized carbons (Fsp3) is 0.136. The van der Waals surface area contributed by atoms with E-state index in [1.54, 1.807) is 24.6 Å². The fourth-order valence-corrected chi connectivity index (χ4v) is 3.69. The van der Waals surface area contributed by atoms with Crippen molar-refractivity contribution in [3.8, 4) is 22.1 Å². The third-order valence-electron chi connectivity index (χ3n) is 4.39. The van der Waals surface area contributed by atoms with E-state index in [1.165, 1.54) is 7.11 Å². The largest absolute Gasteiger partial charge is 0.497 e. The molecule has 0 unspecified atom stereocenters. The number of hydrogen-bond acceptors (Lipinski definition) is 7. The van der Waals surface area contributed by atoms with Crippen LogP contribution in [0.4, 0.5) is 0 Å².